The molecular formula is C20H18Cl2N6. The minimum atomic E-state index is 0.218. The summed E-state index contributed by atoms with van der Waals surface area (Å²) < 4.78 is 2.03. The molecule has 28 heavy (non-hydrogen) atoms. The smallest absolute Gasteiger partial charge is 0.224 e. The molecule has 0 aliphatic rings. The summed E-state index contributed by atoms with van der Waals surface area (Å²) >= 11 is 12.0. The summed E-state index contributed by atoms with van der Waals surface area (Å²) in [7, 11) is 3.92. The van der Waals surface area contributed by atoms with Crippen molar-refractivity contribution in [3.8, 4) is 0 Å². The first-order valence-corrected chi connectivity index (χ1v) is 9.44. The summed E-state index contributed by atoms with van der Waals surface area (Å²) in [6.07, 6.45) is 1.64. The van der Waals surface area contributed by atoms with Crippen LogP contribution in [0.5, 0.6) is 0 Å². The predicted octanol–water partition coefficient (Wildman–Crippen LogP) is 5.05. The highest BCUT2D eigenvalue weighted by molar-refractivity contribution is 6.30. The molecule has 4 aromatic rings. The average molecular weight is 413 g/mol. The quantitative estimate of drug-likeness (QED) is 0.464. The van der Waals surface area contributed by atoms with Gasteiger partial charge in [-0.3, -0.25) is 0 Å². The lowest BCUT2D eigenvalue weighted by atomic mass is 10.2. The zero-order valence-corrected chi connectivity index (χ0v) is 16.9. The van der Waals surface area contributed by atoms with Gasteiger partial charge in [0.05, 0.1) is 11.0 Å². The van der Waals surface area contributed by atoms with E-state index in [4.69, 9.17) is 28.2 Å². The number of halogens is 2. The summed E-state index contributed by atoms with van der Waals surface area (Å²) in [5.41, 5.74) is 3.98. The van der Waals surface area contributed by atoms with Crippen LogP contribution in [0.4, 0.5) is 17.5 Å². The topological polar surface area (TPSA) is 58.9 Å². The third kappa shape index (κ3) is 3.74. The molecular weight excluding hydrogens is 395 g/mol. The molecule has 0 saturated carbocycles. The van der Waals surface area contributed by atoms with E-state index in [1.807, 2.05) is 72.1 Å². The van der Waals surface area contributed by atoms with Crippen LogP contribution in [0.1, 0.15) is 5.56 Å². The molecule has 4 rings (SSSR count). The highest BCUT2D eigenvalue weighted by Gasteiger charge is 2.12. The molecule has 142 valence electrons. The van der Waals surface area contributed by atoms with E-state index in [1.165, 1.54) is 0 Å². The Morgan fingerprint density at radius 2 is 1.93 bits per heavy atom. The maximum Gasteiger partial charge on any atom is 0.224 e. The van der Waals surface area contributed by atoms with Crippen LogP contribution in [0.15, 0.2) is 54.7 Å². The molecule has 0 spiro atoms. The summed E-state index contributed by atoms with van der Waals surface area (Å²) in [4.78, 5) is 14.9. The minimum Gasteiger partial charge on any atom is -0.352 e. The first-order chi connectivity index (χ1) is 13.5. The number of nitrogens with one attached hydrogen (secondary N) is 1. The van der Waals surface area contributed by atoms with Crippen molar-refractivity contribution in [2.24, 2.45) is 7.05 Å². The van der Waals surface area contributed by atoms with Crippen molar-refractivity contribution in [1.29, 1.82) is 0 Å². The Bertz CT molecular complexity index is 1140. The van der Waals surface area contributed by atoms with Crippen LogP contribution in [0.3, 0.4) is 0 Å². The molecule has 0 saturated heterocycles. The van der Waals surface area contributed by atoms with E-state index in [2.05, 4.69) is 15.3 Å². The number of aryl methyl sites for hydroxylation is 1. The molecule has 6 nitrogen and oxygen atoms in total. The second-order valence-corrected chi connectivity index (χ2v) is 7.17. The Hall–Kier alpha value is -2.83. The van der Waals surface area contributed by atoms with E-state index in [-0.39, 0.29) is 5.28 Å². The van der Waals surface area contributed by atoms with Crippen LogP contribution in [-0.2, 0) is 13.6 Å². The van der Waals surface area contributed by atoms with Gasteiger partial charge in [0.2, 0.25) is 11.2 Å². The van der Waals surface area contributed by atoms with E-state index in [9.17, 15) is 0 Å². The van der Waals surface area contributed by atoms with Gasteiger partial charge in [-0.15, -0.1) is 0 Å². The van der Waals surface area contributed by atoms with Gasteiger partial charge in [0.1, 0.15) is 5.82 Å². The second-order valence-electron chi connectivity index (χ2n) is 6.39. The van der Waals surface area contributed by atoms with E-state index < -0.39 is 0 Å². The van der Waals surface area contributed by atoms with E-state index in [0.29, 0.717) is 6.54 Å². The van der Waals surface area contributed by atoms with Gasteiger partial charge in [-0.1, -0.05) is 23.7 Å². The fraction of sp³-hybridized carbons (Fsp3) is 0.150. The standard InChI is InChI=1S/C20H18Cl2N6/c1-27(18-8-9-23-19(22)26-18)15-6-7-17-16(11-15)25-20(28(17)2)24-12-13-4-3-5-14(21)10-13/h3-11H,12H2,1-2H3,(H,24,25). The van der Waals surface area contributed by atoms with E-state index >= 15 is 0 Å². The van der Waals surface area contributed by atoms with Gasteiger partial charge in [0, 0.05) is 37.5 Å². The minimum absolute atomic E-state index is 0.218. The summed E-state index contributed by atoms with van der Waals surface area (Å²) in [5, 5.41) is 4.32. The van der Waals surface area contributed by atoms with Gasteiger partial charge in [-0.25, -0.2) is 15.0 Å². The third-order valence-electron chi connectivity index (χ3n) is 4.55. The molecule has 8 heteroatoms. The zero-order valence-electron chi connectivity index (χ0n) is 15.4. The predicted molar refractivity (Wildman–Crippen MR) is 115 cm³/mol. The Kier molecular flexibility index (Phi) is 5.07. The van der Waals surface area contributed by atoms with E-state index in [0.717, 1.165) is 39.1 Å². The Labute approximate surface area is 172 Å². The summed E-state index contributed by atoms with van der Waals surface area (Å²) in [6.45, 7) is 0.643. The molecule has 0 bridgehead atoms. The first-order valence-electron chi connectivity index (χ1n) is 8.68. The Balaban J connectivity index is 1.60. The molecule has 2 aromatic carbocycles. The van der Waals surface area contributed by atoms with Crippen molar-refractivity contribution < 1.29 is 0 Å². The summed E-state index contributed by atoms with van der Waals surface area (Å²) in [6, 6.07) is 15.7. The fourth-order valence-corrected chi connectivity index (χ4v) is 3.38. The van der Waals surface area contributed by atoms with Crippen molar-refractivity contribution >= 4 is 51.7 Å². The molecule has 0 radical (unpaired) electrons. The van der Waals surface area contributed by atoms with Crippen molar-refractivity contribution in [3.05, 3.63) is 70.6 Å². The lowest BCUT2D eigenvalue weighted by Crippen LogP contribution is -2.11. The van der Waals surface area contributed by atoms with Gasteiger partial charge in [0.15, 0.2) is 0 Å². The lowest BCUT2D eigenvalue weighted by Gasteiger charge is -2.18. The molecule has 0 fully saturated rings. The van der Waals surface area contributed by atoms with Gasteiger partial charge in [0.25, 0.3) is 0 Å². The molecule has 0 aliphatic heterocycles. The Morgan fingerprint density at radius 1 is 1.07 bits per heavy atom. The third-order valence-corrected chi connectivity index (χ3v) is 4.96. The molecule has 2 heterocycles. The number of anilines is 3. The van der Waals surface area contributed by atoms with Crippen molar-refractivity contribution in [1.82, 2.24) is 19.5 Å². The SMILES string of the molecule is CN(c1ccc2c(c1)nc(NCc1cccc(Cl)c1)n2C)c1ccnc(Cl)n1. The highest BCUT2D eigenvalue weighted by atomic mass is 35.5. The monoisotopic (exact) mass is 412 g/mol. The average Bonchev–Trinajstić information content (AvgIpc) is 3.01. The number of nitrogens with zero attached hydrogens (tertiary/aromatic N) is 5. The van der Waals surface area contributed by atoms with Gasteiger partial charge in [-0.05, 0) is 53.6 Å². The van der Waals surface area contributed by atoms with Crippen LogP contribution in [-0.4, -0.2) is 26.6 Å². The number of rotatable bonds is 5. The number of benzene rings is 2. The molecule has 0 aliphatic carbocycles. The fourth-order valence-electron chi connectivity index (χ4n) is 3.03. The van der Waals surface area contributed by atoms with Gasteiger partial charge < -0.3 is 14.8 Å². The molecule has 2 aromatic heterocycles. The lowest BCUT2D eigenvalue weighted by molar-refractivity contribution is 0.927. The van der Waals surface area contributed by atoms with Crippen LogP contribution in [0, 0.1) is 0 Å². The Morgan fingerprint density at radius 3 is 2.71 bits per heavy atom. The van der Waals surface area contributed by atoms with Crippen LogP contribution in [0.2, 0.25) is 10.3 Å². The van der Waals surface area contributed by atoms with Crippen molar-refractivity contribution in [3.63, 3.8) is 0 Å². The molecule has 1 N–H and O–H groups in total. The van der Waals surface area contributed by atoms with Gasteiger partial charge in [-0.2, -0.15) is 0 Å². The molecule has 0 amide bonds. The maximum absolute atomic E-state index is 6.06. The second kappa shape index (κ2) is 7.66. The van der Waals surface area contributed by atoms with Crippen LogP contribution < -0.4 is 10.2 Å². The van der Waals surface area contributed by atoms with Gasteiger partial charge >= 0.3 is 0 Å². The number of hydrogen-bond donors (Lipinski definition) is 1. The molecule has 0 unspecified atom stereocenters. The highest BCUT2D eigenvalue weighted by Crippen LogP contribution is 2.27. The number of fused-ring (bicyclic) bond motifs is 1. The van der Waals surface area contributed by atoms with E-state index in [1.54, 1.807) is 6.20 Å². The largest absolute Gasteiger partial charge is 0.352 e. The zero-order chi connectivity index (χ0) is 19.7. The van der Waals surface area contributed by atoms with Crippen molar-refractivity contribution in [2.45, 2.75) is 6.54 Å². The maximum atomic E-state index is 6.06. The van der Waals surface area contributed by atoms with Crippen molar-refractivity contribution in [2.75, 3.05) is 17.3 Å². The van der Waals surface area contributed by atoms with Crippen LogP contribution in [0.25, 0.3) is 11.0 Å². The normalized spacial score (nSPS) is 11.0. The van der Waals surface area contributed by atoms with Crippen LogP contribution >= 0.6 is 23.2 Å². The number of aromatic nitrogens is 4. The summed E-state index contributed by atoms with van der Waals surface area (Å²) in [5.74, 6) is 1.51. The number of imidazole rings is 1. The first kappa shape index (κ1) is 18.5. The molecule has 0 atom stereocenters. The number of hydrogen-bond acceptors (Lipinski definition) is 5.